The van der Waals surface area contributed by atoms with E-state index >= 15 is 4.39 Å². The number of carbonyl (C=O) groups excluding carboxylic acids is 3. The average Bonchev–Trinajstić information content (AvgIpc) is 3.64. The van der Waals surface area contributed by atoms with Crippen LogP contribution in [-0.4, -0.2) is 52.6 Å². The van der Waals surface area contributed by atoms with Gasteiger partial charge in [-0.05, 0) is 54.5 Å². The lowest BCUT2D eigenvalue weighted by Gasteiger charge is -2.35. The Morgan fingerprint density at radius 1 is 1.26 bits per heavy atom. The molecule has 5 N–H and O–H groups in total. The van der Waals surface area contributed by atoms with Crippen molar-refractivity contribution in [3.05, 3.63) is 68.4 Å². The molecule has 0 spiro atoms. The van der Waals surface area contributed by atoms with Gasteiger partial charge in [0.1, 0.15) is 12.4 Å². The summed E-state index contributed by atoms with van der Waals surface area (Å²) >= 11 is 9.39. The first-order chi connectivity index (χ1) is 19.6. The molecule has 0 bridgehead atoms. The molecule has 0 unspecified atom stereocenters. The van der Waals surface area contributed by atoms with Crippen molar-refractivity contribution in [2.45, 2.75) is 57.7 Å². The van der Waals surface area contributed by atoms with E-state index in [0.29, 0.717) is 4.47 Å². The van der Waals surface area contributed by atoms with Crippen LogP contribution in [-0.2, 0) is 15.1 Å². The van der Waals surface area contributed by atoms with E-state index in [1.165, 1.54) is 30.3 Å². The highest BCUT2D eigenvalue weighted by atomic mass is 79.9. The van der Waals surface area contributed by atoms with Gasteiger partial charge in [-0.2, -0.15) is 0 Å². The number of guanidine groups is 1. The lowest BCUT2D eigenvalue weighted by atomic mass is 9.75. The summed E-state index contributed by atoms with van der Waals surface area (Å²) in [5.74, 6) is -2.77. The van der Waals surface area contributed by atoms with Gasteiger partial charge in [-0.3, -0.25) is 19.8 Å². The fraction of sp³-hybridized carbons (Fsp3) is 0.393. The van der Waals surface area contributed by atoms with Gasteiger partial charge in [-0.15, -0.1) is 0 Å². The Labute approximate surface area is 254 Å². The smallest absolute Gasteiger partial charge is 0.411 e. The fourth-order valence-electron chi connectivity index (χ4n) is 4.88. The van der Waals surface area contributed by atoms with Crippen molar-refractivity contribution in [3.8, 4) is 0 Å². The van der Waals surface area contributed by atoms with Gasteiger partial charge in [0.05, 0.1) is 16.6 Å². The highest BCUT2D eigenvalue weighted by Crippen LogP contribution is 2.46. The average molecular weight is 667 g/mol. The zero-order valence-corrected chi connectivity index (χ0v) is 25.4. The molecule has 1 heterocycles. The number of benzene rings is 2. The fourth-order valence-corrected chi connectivity index (χ4v) is 5.42. The van der Waals surface area contributed by atoms with Crippen LogP contribution in [0.1, 0.15) is 67.6 Å². The molecule has 1 aliphatic heterocycles. The largest absolute Gasteiger partial charge is 0.465 e. The van der Waals surface area contributed by atoms with E-state index in [0.717, 1.165) is 17.7 Å². The van der Waals surface area contributed by atoms with Crippen molar-refractivity contribution < 1.29 is 33.4 Å². The third-order valence-corrected chi connectivity index (χ3v) is 7.53. The van der Waals surface area contributed by atoms with E-state index in [1.807, 2.05) is 20.8 Å². The molecule has 1 saturated carbocycles. The lowest BCUT2D eigenvalue weighted by Crippen LogP contribution is -2.50. The van der Waals surface area contributed by atoms with Gasteiger partial charge in [-0.1, -0.05) is 60.4 Å². The molecule has 4 amide bonds. The van der Waals surface area contributed by atoms with Gasteiger partial charge in [0.2, 0.25) is 11.9 Å². The van der Waals surface area contributed by atoms with Crippen LogP contribution >= 0.6 is 27.5 Å². The molecule has 0 saturated heterocycles. The van der Waals surface area contributed by atoms with E-state index in [4.69, 9.17) is 22.1 Å². The van der Waals surface area contributed by atoms with E-state index in [-0.39, 0.29) is 34.2 Å². The Kier molecular flexibility index (Phi) is 8.84. The molecule has 2 aliphatic rings. The second-order valence-corrected chi connectivity index (χ2v) is 12.7. The number of aliphatic imine (C=N–C) groups is 1. The second-order valence-electron chi connectivity index (χ2n) is 11.4. The first-order valence-corrected chi connectivity index (χ1v) is 14.2. The summed E-state index contributed by atoms with van der Waals surface area (Å²) in [6.45, 7) is 5.03. The number of primary amides is 1. The quantitative estimate of drug-likeness (QED) is 0.308. The van der Waals surface area contributed by atoms with Crippen LogP contribution < -0.4 is 16.4 Å². The summed E-state index contributed by atoms with van der Waals surface area (Å²) in [5, 5.41) is 14.6. The van der Waals surface area contributed by atoms with Gasteiger partial charge < -0.3 is 20.9 Å². The number of hydrogen-bond acceptors (Lipinski definition) is 6. The molecule has 0 aromatic heterocycles. The van der Waals surface area contributed by atoms with Crippen molar-refractivity contribution in [1.82, 2.24) is 15.5 Å². The standard InChI is InChI=1S/C28H30BrClFN5O6/c1-27(2,3)13-28(18-8-5-15(29)11-20(18)31)23(38)36(24(35-28)34-25(39)40)21(12-42-26(41)33-16-6-7-16)14-4-9-19(30)17(10-14)22(32)37/h4-5,8-11,16,21H,6-7,12-13H2,1-3H3,(H2,32,37)(H,33,41)(H,34,35)(H,39,40)/t21-,28-/m1/s1. The molecule has 2 atom stereocenters. The molecular weight excluding hydrogens is 637 g/mol. The molecule has 42 heavy (non-hydrogen) atoms. The Hall–Kier alpha value is -3.71. The number of rotatable bonds is 8. The van der Waals surface area contributed by atoms with Crippen LogP contribution in [0.5, 0.6) is 0 Å². The zero-order chi connectivity index (χ0) is 31.0. The minimum atomic E-state index is -1.89. The maximum atomic E-state index is 15.6. The molecule has 2 aromatic rings. The SMILES string of the molecule is CC(C)(C)C[C@]1(c2ccc(Br)cc2F)N=C(NC(=O)O)N([C@H](COC(=O)NC2CC2)c2ccc(Cl)c(C(N)=O)c2)C1=O. The number of nitrogens with zero attached hydrogens (tertiary/aromatic N) is 2. The Morgan fingerprint density at radius 2 is 1.95 bits per heavy atom. The van der Waals surface area contributed by atoms with Crippen LogP contribution in [0.2, 0.25) is 5.02 Å². The number of carboxylic acid groups (broad SMARTS) is 1. The van der Waals surface area contributed by atoms with E-state index in [9.17, 15) is 24.3 Å². The summed E-state index contributed by atoms with van der Waals surface area (Å²) in [6, 6.07) is 7.11. The van der Waals surface area contributed by atoms with Gasteiger partial charge in [0.25, 0.3) is 5.91 Å². The lowest BCUT2D eigenvalue weighted by molar-refractivity contribution is -0.135. The highest BCUT2D eigenvalue weighted by Gasteiger charge is 2.55. The molecule has 1 aliphatic carbocycles. The minimum Gasteiger partial charge on any atom is -0.465 e. The van der Waals surface area contributed by atoms with Crippen molar-refractivity contribution in [2.75, 3.05) is 6.61 Å². The predicted molar refractivity (Wildman–Crippen MR) is 156 cm³/mol. The molecule has 1 fully saturated rings. The van der Waals surface area contributed by atoms with E-state index in [1.54, 1.807) is 6.07 Å². The molecule has 2 aromatic carbocycles. The number of nitrogens with two attached hydrogens (primary N) is 1. The van der Waals surface area contributed by atoms with Gasteiger partial charge in [0.15, 0.2) is 5.54 Å². The second kappa shape index (κ2) is 11.9. The van der Waals surface area contributed by atoms with E-state index < -0.39 is 59.4 Å². The molecule has 4 rings (SSSR count). The normalized spacial score (nSPS) is 19.2. The van der Waals surface area contributed by atoms with Crippen LogP contribution in [0.15, 0.2) is 45.9 Å². The van der Waals surface area contributed by atoms with Crippen molar-refractivity contribution in [3.63, 3.8) is 0 Å². The maximum Gasteiger partial charge on any atom is 0.411 e. The summed E-state index contributed by atoms with van der Waals surface area (Å²) < 4.78 is 21.4. The van der Waals surface area contributed by atoms with Gasteiger partial charge >= 0.3 is 12.2 Å². The first kappa shape index (κ1) is 31.2. The number of hydrogen-bond donors (Lipinski definition) is 4. The summed E-state index contributed by atoms with van der Waals surface area (Å²) in [4.78, 5) is 56.7. The molecule has 11 nitrogen and oxygen atoms in total. The summed E-state index contributed by atoms with van der Waals surface area (Å²) in [5.41, 5.74) is 3.10. The topological polar surface area (TPSA) is 163 Å². The number of amides is 4. The number of alkyl carbamates (subject to hydrolysis) is 1. The molecular formula is C28H30BrClFN5O6. The third kappa shape index (κ3) is 6.84. The maximum absolute atomic E-state index is 15.6. The number of nitrogens with one attached hydrogen (secondary N) is 2. The number of carbonyl (C=O) groups is 4. The van der Waals surface area contributed by atoms with Crippen LogP contribution in [0.3, 0.4) is 0 Å². The zero-order valence-electron chi connectivity index (χ0n) is 23.0. The van der Waals surface area contributed by atoms with Gasteiger partial charge in [-0.25, -0.2) is 19.0 Å². The Morgan fingerprint density at radius 3 is 2.52 bits per heavy atom. The van der Waals surface area contributed by atoms with Crippen molar-refractivity contribution in [1.29, 1.82) is 0 Å². The highest BCUT2D eigenvalue weighted by molar-refractivity contribution is 9.10. The van der Waals surface area contributed by atoms with Gasteiger partial charge in [0, 0.05) is 16.1 Å². The number of halogens is 3. The third-order valence-electron chi connectivity index (χ3n) is 6.70. The Bertz CT molecular complexity index is 1480. The van der Waals surface area contributed by atoms with Crippen molar-refractivity contribution in [2.24, 2.45) is 16.1 Å². The number of ether oxygens (including phenoxy) is 1. The van der Waals surface area contributed by atoms with Crippen LogP contribution in [0.25, 0.3) is 0 Å². The monoisotopic (exact) mass is 665 g/mol. The van der Waals surface area contributed by atoms with Crippen molar-refractivity contribution >= 4 is 57.5 Å². The van der Waals surface area contributed by atoms with Crippen LogP contribution in [0, 0.1) is 11.2 Å². The predicted octanol–water partition coefficient (Wildman–Crippen LogP) is 5.07. The molecule has 14 heteroatoms. The summed E-state index contributed by atoms with van der Waals surface area (Å²) in [6.07, 6.45) is -0.690. The summed E-state index contributed by atoms with van der Waals surface area (Å²) in [7, 11) is 0. The minimum absolute atomic E-state index is 0.0123. The first-order valence-electron chi connectivity index (χ1n) is 13.0. The Balaban J connectivity index is 1.89. The molecule has 0 radical (unpaired) electrons. The molecule has 224 valence electrons. The van der Waals surface area contributed by atoms with E-state index in [2.05, 4.69) is 31.6 Å². The van der Waals surface area contributed by atoms with Crippen LogP contribution in [0.4, 0.5) is 14.0 Å².